The van der Waals surface area contributed by atoms with E-state index in [1.54, 1.807) is 39.2 Å². The van der Waals surface area contributed by atoms with E-state index in [9.17, 15) is 14.9 Å². The molecule has 0 N–H and O–H groups in total. The van der Waals surface area contributed by atoms with Crippen LogP contribution in [0.4, 0.5) is 0 Å². The first-order chi connectivity index (χ1) is 12.2. The van der Waals surface area contributed by atoms with Crippen LogP contribution in [-0.4, -0.2) is 24.1 Å². The van der Waals surface area contributed by atoms with Crippen molar-refractivity contribution >= 4 is 40.1 Å². The maximum absolute atomic E-state index is 12.9. The lowest BCUT2D eigenvalue weighted by Gasteiger charge is -2.15. The molecule has 0 bridgehead atoms. The Morgan fingerprint density at radius 1 is 1.35 bits per heavy atom. The summed E-state index contributed by atoms with van der Waals surface area (Å²) in [7, 11) is 1.55. The molecular formula is C19H22N2O3S2. The molecule has 0 aliphatic rings. The number of ketones is 1. The van der Waals surface area contributed by atoms with Crippen LogP contribution in [0.3, 0.4) is 0 Å². The third-order valence-electron chi connectivity index (χ3n) is 3.70. The molecule has 0 fully saturated rings. The summed E-state index contributed by atoms with van der Waals surface area (Å²) in [5.41, 5.74) is -0.883. The van der Waals surface area contributed by atoms with E-state index in [-0.39, 0.29) is 16.9 Å². The van der Waals surface area contributed by atoms with Gasteiger partial charge in [-0.15, -0.1) is 22.7 Å². The molecule has 0 radical (unpaired) electrons. The number of methoxy groups -OCH3 is 1. The fourth-order valence-corrected chi connectivity index (χ4v) is 4.33. The second-order valence-corrected chi connectivity index (χ2v) is 9.23. The minimum Gasteiger partial charge on any atom is -0.383 e. The standard InChI is InChI=1S/C19H22N2O3S2/c1-12-6-7-13(25-12)10-15-17(23)21(8-9-24-5)18(26-15)14(11-20)16(22)19(2,3)4/h6-7,10H,8-9H2,1-5H3. The average Bonchev–Trinajstić information content (AvgIpc) is 3.10. The Labute approximate surface area is 160 Å². The maximum atomic E-state index is 12.9. The van der Waals surface area contributed by atoms with Crippen molar-refractivity contribution in [2.45, 2.75) is 34.2 Å². The van der Waals surface area contributed by atoms with Crippen LogP contribution in [0.25, 0.3) is 11.6 Å². The van der Waals surface area contributed by atoms with Crippen LogP contribution in [0.5, 0.6) is 0 Å². The number of aryl methyl sites for hydroxylation is 1. The van der Waals surface area contributed by atoms with E-state index in [1.165, 1.54) is 15.9 Å². The molecule has 0 aliphatic heterocycles. The Bertz CT molecular complexity index is 1030. The number of aromatic nitrogens is 1. The lowest BCUT2D eigenvalue weighted by Crippen LogP contribution is -2.35. The molecule has 0 spiro atoms. The van der Waals surface area contributed by atoms with Crippen LogP contribution in [0.1, 0.15) is 30.5 Å². The van der Waals surface area contributed by atoms with E-state index in [0.717, 1.165) is 9.75 Å². The highest BCUT2D eigenvalue weighted by molar-refractivity contribution is 7.13. The van der Waals surface area contributed by atoms with Gasteiger partial charge in [0.05, 0.1) is 17.7 Å². The number of hydrogen-bond acceptors (Lipinski definition) is 6. The first kappa shape index (κ1) is 20.3. The normalized spacial score (nSPS) is 13.6. The Kier molecular flexibility index (Phi) is 6.34. The van der Waals surface area contributed by atoms with Crippen molar-refractivity contribution in [2.24, 2.45) is 5.41 Å². The molecule has 2 aromatic heterocycles. The van der Waals surface area contributed by atoms with Gasteiger partial charge in [-0.3, -0.25) is 14.2 Å². The summed E-state index contributed by atoms with van der Waals surface area (Å²) in [6.07, 6.45) is 1.81. The maximum Gasteiger partial charge on any atom is 0.269 e. The van der Waals surface area contributed by atoms with E-state index >= 15 is 0 Å². The zero-order valence-corrected chi connectivity index (χ0v) is 17.2. The predicted octanol–water partition coefficient (Wildman–Crippen LogP) is 2.04. The van der Waals surface area contributed by atoms with Gasteiger partial charge in [-0.2, -0.15) is 5.26 Å². The number of rotatable bonds is 5. The number of nitriles is 1. The third kappa shape index (κ3) is 4.39. The monoisotopic (exact) mass is 390 g/mol. The van der Waals surface area contributed by atoms with Crippen LogP contribution in [0, 0.1) is 23.7 Å². The molecule has 0 aliphatic carbocycles. The van der Waals surface area contributed by atoms with Crippen LogP contribution >= 0.6 is 22.7 Å². The minimum atomic E-state index is -0.702. The summed E-state index contributed by atoms with van der Waals surface area (Å²) in [5.74, 6) is -0.272. The quantitative estimate of drug-likeness (QED) is 0.783. The molecule has 2 aromatic rings. The Morgan fingerprint density at radius 2 is 2.04 bits per heavy atom. The van der Waals surface area contributed by atoms with Crippen LogP contribution in [0.2, 0.25) is 0 Å². The van der Waals surface area contributed by atoms with Crippen LogP contribution in [0.15, 0.2) is 16.9 Å². The molecule has 7 heteroatoms. The van der Waals surface area contributed by atoms with Gasteiger partial charge in [-0.1, -0.05) is 20.8 Å². The number of thiophene rings is 1. The summed E-state index contributed by atoms with van der Waals surface area (Å²) in [6.45, 7) is 7.91. The summed E-state index contributed by atoms with van der Waals surface area (Å²) in [6, 6.07) is 5.96. The molecule has 0 amide bonds. The zero-order chi connectivity index (χ0) is 19.5. The Balaban J connectivity index is 2.80. The fraction of sp³-hybridized carbons (Fsp3) is 0.421. The van der Waals surface area contributed by atoms with E-state index in [4.69, 9.17) is 4.74 Å². The molecule has 0 saturated carbocycles. The van der Waals surface area contributed by atoms with Gasteiger partial charge < -0.3 is 4.74 Å². The van der Waals surface area contributed by atoms with Crippen LogP contribution < -0.4 is 14.8 Å². The third-order valence-corrected chi connectivity index (χ3v) is 5.77. The summed E-state index contributed by atoms with van der Waals surface area (Å²) in [4.78, 5) is 27.7. The van der Waals surface area contributed by atoms with Gasteiger partial charge in [-0.05, 0) is 25.1 Å². The van der Waals surface area contributed by atoms with Gasteiger partial charge in [0.1, 0.15) is 16.3 Å². The molecular weight excluding hydrogens is 368 g/mol. The highest BCUT2D eigenvalue weighted by atomic mass is 32.1. The Morgan fingerprint density at radius 3 is 2.54 bits per heavy atom. The van der Waals surface area contributed by atoms with E-state index in [1.807, 2.05) is 31.2 Å². The molecule has 0 saturated heterocycles. The molecule has 0 unspecified atom stereocenters. The summed E-state index contributed by atoms with van der Waals surface area (Å²) >= 11 is 2.77. The lowest BCUT2D eigenvalue weighted by atomic mass is 9.87. The number of nitrogens with zero attached hydrogens (tertiary/aromatic N) is 2. The summed E-state index contributed by atoms with van der Waals surface area (Å²) in [5, 5.41) is 9.60. The van der Waals surface area contributed by atoms with E-state index < -0.39 is 5.41 Å². The topological polar surface area (TPSA) is 72.1 Å². The van der Waals surface area contributed by atoms with Gasteiger partial charge in [0.25, 0.3) is 5.56 Å². The predicted molar refractivity (Wildman–Crippen MR) is 106 cm³/mol. The molecule has 5 nitrogen and oxygen atoms in total. The lowest BCUT2D eigenvalue weighted by molar-refractivity contribution is -0.120. The molecule has 26 heavy (non-hydrogen) atoms. The second kappa shape index (κ2) is 8.12. The fourth-order valence-electron chi connectivity index (χ4n) is 2.32. The first-order valence-corrected chi connectivity index (χ1v) is 9.78. The largest absolute Gasteiger partial charge is 0.383 e. The van der Waals surface area contributed by atoms with Gasteiger partial charge in [-0.25, -0.2) is 0 Å². The molecule has 0 aromatic carbocycles. The van der Waals surface area contributed by atoms with E-state index in [0.29, 0.717) is 22.3 Å². The molecule has 2 rings (SSSR count). The number of carbonyl (C=O) groups is 1. The van der Waals surface area contributed by atoms with Crippen molar-refractivity contribution in [3.63, 3.8) is 0 Å². The van der Waals surface area contributed by atoms with Crippen molar-refractivity contribution in [1.82, 2.24) is 4.57 Å². The number of ether oxygens (including phenoxy) is 1. The highest BCUT2D eigenvalue weighted by Gasteiger charge is 2.27. The van der Waals surface area contributed by atoms with Gasteiger partial charge in [0, 0.05) is 22.3 Å². The van der Waals surface area contributed by atoms with Gasteiger partial charge in [0.2, 0.25) is 0 Å². The number of carbonyl (C=O) groups excluding carboxylic acids is 1. The minimum absolute atomic E-state index is 0.0257. The molecule has 0 atom stereocenters. The first-order valence-electron chi connectivity index (χ1n) is 8.15. The zero-order valence-electron chi connectivity index (χ0n) is 15.6. The second-order valence-electron chi connectivity index (χ2n) is 6.88. The van der Waals surface area contributed by atoms with Crippen molar-refractivity contribution in [3.8, 4) is 6.07 Å². The Hall–Kier alpha value is -2.01. The number of Topliss-reactive ketones (excluding diaryl/α,β-unsaturated/α-hetero) is 1. The van der Waals surface area contributed by atoms with Crippen LogP contribution in [-0.2, 0) is 16.1 Å². The number of thiazole rings is 1. The molecule has 2 heterocycles. The highest BCUT2D eigenvalue weighted by Crippen LogP contribution is 2.19. The van der Waals surface area contributed by atoms with Gasteiger partial charge >= 0.3 is 0 Å². The smallest absolute Gasteiger partial charge is 0.269 e. The molecule has 138 valence electrons. The number of hydrogen-bond donors (Lipinski definition) is 0. The van der Waals surface area contributed by atoms with Crippen molar-refractivity contribution in [1.29, 1.82) is 5.26 Å². The van der Waals surface area contributed by atoms with Crippen molar-refractivity contribution in [3.05, 3.63) is 41.4 Å². The van der Waals surface area contributed by atoms with Gasteiger partial charge in [0.15, 0.2) is 5.78 Å². The summed E-state index contributed by atoms with van der Waals surface area (Å²) < 4.78 is 7.47. The average molecular weight is 391 g/mol. The van der Waals surface area contributed by atoms with Crippen molar-refractivity contribution < 1.29 is 9.53 Å². The van der Waals surface area contributed by atoms with Crippen molar-refractivity contribution in [2.75, 3.05) is 13.7 Å². The van der Waals surface area contributed by atoms with E-state index in [2.05, 4.69) is 0 Å². The SMILES string of the molecule is COCCn1c(=C(C#N)C(=O)C(C)(C)C)sc(=Cc2ccc(C)s2)c1=O.